The van der Waals surface area contributed by atoms with E-state index in [-0.39, 0.29) is 0 Å². The van der Waals surface area contributed by atoms with E-state index in [0.717, 1.165) is 15.9 Å². The first-order chi connectivity index (χ1) is 5.40. The summed E-state index contributed by atoms with van der Waals surface area (Å²) >= 11 is 4.10. The average molecular weight is 182 g/mol. The number of rotatable bonds is 1. The SMILES string of the molecule is SSc1ccc2nc[nH]c2c1. The molecule has 2 rings (SSSR count). The van der Waals surface area contributed by atoms with E-state index in [1.807, 2.05) is 18.2 Å². The predicted octanol–water partition coefficient (Wildman–Crippen LogP) is 2.50. The average Bonchev–Trinajstić information content (AvgIpc) is 2.50. The molecule has 56 valence electrons. The summed E-state index contributed by atoms with van der Waals surface area (Å²) in [5.41, 5.74) is 2.06. The number of thiol groups is 1. The summed E-state index contributed by atoms with van der Waals surface area (Å²) in [6, 6.07) is 6.01. The van der Waals surface area contributed by atoms with Crippen LogP contribution in [0.3, 0.4) is 0 Å². The van der Waals surface area contributed by atoms with Crippen molar-refractivity contribution in [2.24, 2.45) is 0 Å². The Labute approximate surface area is 73.2 Å². The molecule has 0 saturated carbocycles. The maximum Gasteiger partial charge on any atom is 0.0931 e. The van der Waals surface area contributed by atoms with Gasteiger partial charge in [-0.15, -0.1) is 11.7 Å². The van der Waals surface area contributed by atoms with Crippen molar-refractivity contribution in [1.82, 2.24) is 9.97 Å². The van der Waals surface area contributed by atoms with Crippen molar-refractivity contribution in [3.05, 3.63) is 24.5 Å². The molecule has 0 aliphatic carbocycles. The second-order valence-electron chi connectivity index (χ2n) is 2.17. The molecule has 0 spiro atoms. The molecule has 2 nitrogen and oxygen atoms in total. The normalized spacial score (nSPS) is 10.6. The summed E-state index contributed by atoms with van der Waals surface area (Å²) < 4.78 is 0. The zero-order chi connectivity index (χ0) is 7.68. The molecule has 2 aromatic rings. The molecule has 0 bridgehead atoms. The molecule has 0 fully saturated rings. The first-order valence-electron chi connectivity index (χ1n) is 3.15. The number of aromatic nitrogens is 2. The van der Waals surface area contributed by atoms with Crippen molar-refractivity contribution in [2.75, 3.05) is 0 Å². The summed E-state index contributed by atoms with van der Waals surface area (Å²) in [6.45, 7) is 0. The third-order valence-corrected chi connectivity index (χ3v) is 2.59. The van der Waals surface area contributed by atoms with Crippen molar-refractivity contribution >= 4 is 33.5 Å². The summed E-state index contributed by atoms with van der Waals surface area (Å²) in [6.07, 6.45) is 1.69. The minimum atomic E-state index is 0.996. The number of H-pyrrole nitrogens is 1. The molecule has 1 aromatic carbocycles. The van der Waals surface area contributed by atoms with Crippen molar-refractivity contribution in [3.63, 3.8) is 0 Å². The van der Waals surface area contributed by atoms with Crippen LogP contribution in [0.25, 0.3) is 11.0 Å². The number of nitrogens with one attached hydrogen (secondary N) is 1. The van der Waals surface area contributed by atoms with Gasteiger partial charge in [-0.3, -0.25) is 0 Å². The van der Waals surface area contributed by atoms with Gasteiger partial charge in [-0.1, -0.05) is 10.8 Å². The summed E-state index contributed by atoms with van der Waals surface area (Å²) in [5, 5.41) is 0. The maximum absolute atomic E-state index is 4.10. The van der Waals surface area contributed by atoms with Gasteiger partial charge in [-0.05, 0) is 18.2 Å². The minimum absolute atomic E-state index is 0.996. The van der Waals surface area contributed by atoms with Crippen LogP contribution in [0, 0.1) is 0 Å². The van der Waals surface area contributed by atoms with Crippen molar-refractivity contribution in [1.29, 1.82) is 0 Å². The number of imidazole rings is 1. The maximum atomic E-state index is 4.10. The Morgan fingerprint density at radius 3 is 3.18 bits per heavy atom. The fraction of sp³-hybridized carbons (Fsp3) is 0. The van der Waals surface area contributed by atoms with Crippen LogP contribution in [0.15, 0.2) is 29.4 Å². The first kappa shape index (κ1) is 7.06. The number of hydrogen-bond acceptors (Lipinski definition) is 3. The lowest BCUT2D eigenvalue weighted by molar-refractivity contribution is 1.34. The van der Waals surface area contributed by atoms with Crippen molar-refractivity contribution in [2.45, 2.75) is 4.90 Å². The molecule has 0 atom stereocenters. The van der Waals surface area contributed by atoms with Crippen LogP contribution in [-0.4, -0.2) is 9.97 Å². The van der Waals surface area contributed by atoms with Gasteiger partial charge < -0.3 is 4.98 Å². The lowest BCUT2D eigenvalue weighted by atomic mass is 10.3. The van der Waals surface area contributed by atoms with Crippen LogP contribution in [0.2, 0.25) is 0 Å². The smallest absolute Gasteiger partial charge is 0.0931 e. The van der Waals surface area contributed by atoms with E-state index >= 15 is 0 Å². The van der Waals surface area contributed by atoms with Crippen LogP contribution in [0.1, 0.15) is 0 Å². The number of benzene rings is 1. The third-order valence-electron chi connectivity index (χ3n) is 1.50. The Kier molecular flexibility index (Phi) is 1.79. The highest BCUT2D eigenvalue weighted by molar-refractivity contribution is 8.68. The minimum Gasteiger partial charge on any atom is -0.345 e. The molecule has 0 radical (unpaired) electrons. The Bertz CT molecular complexity index is 369. The van der Waals surface area contributed by atoms with Crippen LogP contribution >= 0.6 is 22.5 Å². The monoisotopic (exact) mass is 182 g/mol. The van der Waals surface area contributed by atoms with Crippen LogP contribution in [0.4, 0.5) is 0 Å². The van der Waals surface area contributed by atoms with Gasteiger partial charge in [0.15, 0.2) is 0 Å². The Balaban J connectivity index is 2.67. The zero-order valence-corrected chi connectivity index (χ0v) is 7.32. The third kappa shape index (κ3) is 1.23. The van der Waals surface area contributed by atoms with E-state index in [1.165, 1.54) is 10.8 Å². The fourth-order valence-electron chi connectivity index (χ4n) is 0.971. The zero-order valence-electron chi connectivity index (χ0n) is 5.61. The highest BCUT2D eigenvalue weighted by Gasteiger charge is 1.95. The number of hydrogen-bond donors (Lipinski definition) is 2. The topological polar surface area (TPSA) is 28.7 Å². The van der Waals surface area contributed by atoms with Gasteiger partial charge in [0.25, 0.3) is 0 Å². The molecule has 1 heterocycles. The van der Waals surface area contributed by atoms with Gasteiger partial charge >= 0.3 is 0 Å². The van der Waals surface area contributed by atoms with Crippen LogP contribution in [0.5, 0.6) is 0 Å². The Morgan fingerprint density at radius 1 is 1.45 bits per heavy atom. The summed E-state index contributed by atoms with van der Waals surface area (Å²) in [7, 11) is 1.43. The lowest BCUT2D eigenvalue weighted by Gasteiger charge is -1.92. The Hall–Kier alpha value is -0.610. The van der Waals surface area contributed by atoms with Gasteiger partial charge in [0.05, 0.1) is 17.4 Å². The molecule has 0 unspecified atom stereocenters. The molecule has 11 heavy (non-hydrogen) atoms. The van der Waals surface area contributed by atoms with E-state index in [0.29, 0.717) is 0 Å². The molecule has 0 aliphatic heterocycles. The fourth-order valence-corrected chi connectivity index (χ4v) is 1.61. The summed E-state index contributed by atoms with van der Waals surface area (Å²) in [4.78, 5) is 8.27. The van der Waals surface area contributed by atoms with Gasteiger partial charge in [-0.25, -0.2) is 4.98 Å². The van der Waals surface area contributed by atoms with Gasteiger partial charge in [0, 0.05) is 4.90 Å². The molecule has 1 aromatic heterocycles. The molecule has 0 aliphatic rings. The van der Waals surface area contributed by atoms with E-state index in [9.17, 15) is 0 Å². The lowest BCUT2D eigenvalue weighted by Crippen LogP contribution is -1.69. The Morgan fingerprint density at radius 2 is 2.36 bits per heavy atom. The largest absolute Gasteiger partial charge is 0.345 e. The second kappa shape index (κ2) is 2.79. The van der Waals surface area contributed by atoms with Crippen LogP contribution in [-0.2, 0) is 0 Å². The molecule has 1 N–H and O–H groups in total. The van der Waals surface area contributed by atoms with Gasteiger partial charge in [0.1, 0.15) is 0 Å². The number of aromatic amines is 1. The highest BCUT2D eigenvalue weighted by atomic mass is 33.1. The number of fused-ring (bicyclic) bond motifs is 1. The predicted molar refractivity (Wildman–Crippen MR) is 50.9 cm³/mol. The van der Waals surface area contributed by atoms with E-state index in [1.54, 1.807) is 6.33 Å². The second-order valence-corrected chi connectivity index (χ2v) is 3.37. The molecule has 0 saturated heterocycles. The molecule has 0 amide bonds. The standard InChI is InChI=1S/C7H6N2S2/c10-11-5-1-2-6-7(3-5)9-4-8-6/h1-4,10H,(H,8,9). The van der Waals surface area contributed by atoms with Crippen molar-refractivity contribution < 1.29 is 0 Å². The molecular weight excluding hydrogens is 176 g/mol. The first-order valence-corrected chi connectivity index (χ1v) is 5.01. The molecular formula is C7H6N2S2. The van der Waals surface area contributed by atoms with E-state index in [4.69, 9.17) is 0 Å². The number of nitrogens with zero attached hydrogens (tertiary/aromatic N) is 1. The summed E-state index contributed by atoms with van der Waals surface area (Å²) in [5.74, 6) is 0. The van der Waals surface area contributed by atoms with E-state index in [2.05, 4.69) is 21.6 Å². The highest BCUT2D eigenvalue weighted by Crippen LogP contribution is 2.23. The quantitative estimate of drug-likeness (QED) is 0.524. The molecule has 4 heteroatoms. The van der Waals surface area contributed by atoms with Crippen LogP contribution < -0.4 is 0 Å². The van der Waals surface area contributed by atoms with E-state index < -0.39 is 0 Å². The van der Waals surface area contributed by atoms with Crippen molar-refractivity contribution in [3.8, 4) is 0 Å². The van der Waals surface area contributed by atoms with Gasteiger partial charge in [0.2, 0.25) is 0 Å². The van der Waals surface area contributed by atoms with Gasteiger partial charge in [-0.2, -0.15) is 0 Å².